The molecule has 0 aromatic carbocycles. The zero-order valence-corrected chi connectivity index (χ0v) is 14.4. The van der Waals surface area contributed by atoms with Crippen molar-refractivity contribution in [2.24, 2.45) is 11.8 Å². The minimum absolute atomic E-state index is 0.00457. The second-order valence-corrected chi connectivity index (χ2v) is 8.98. The second-order valence-electron chi connectivity index (χ2n) is 5.69. The maximum Gasteiger partial charge on any atom is 0.330 e. The molecule has 0 fully saturated rings. The monoisotopic (exact) mass is 332 g/mol. The first-order valence-corrected chi connectivity index (χ1v) is 9.89. The lowest BCUT2D eigenvalue weighted by Crippen LogP contribution is -2.45. The standard InChI is InChI=1S/C11H25O7PS/c1-8(2)11(5,9(3)4)17-10(7-19(12,13)14)18-20(6,15)16/h8-10H,7H2,1-6H3,(H2,12,13,14)/t10-/m1/s1. The van der Waals surface area contributed by atoms with Gasteiger partial charge >= 0.3 is 7.60 Å². The van der Waals surface area contributed by atoms with Crippen molar-refractivity contribution < 1.29 is 31.7 Å². The summed E-state index contributed by atoms with van der Waals surface area (Å²) in [6.45, 7) is 9.30. The molecule has 0 amide bonds. The van der Waals surface area contributed by atoms with Crippen molar-refractivity contribution >= 4 is 17.7 Å². The van der Waals surface area contributed by atoms with Gasteiger partial charge in [0.25, 0.3) is 10.1 Å². The molecule has 0 aromatic rings. The van der Waals surface area contributed by atoms with Crippen molar-refractivity contribution in [3.63, 3.8) is 0 Å². The first kappa shape index (κ1) is 20.0. The summed E-state index contributed by atoms with van der Waals surface area (Å²) < 4.78 is 43.8. The summed E-state index contributed by atoms with van der Waals surface area (Å²) in [5.41, 5.74) is -0.773. The van der Waals surface area contributed by atoms with E-state index >= 15 is 0 Å². The summed E-state index contributed by atoms with van der Waals surface area (Å²) >= 11 is 0. The van der Waals surface area contributed by atoms with Gasteiger partial charge in [-0.15, -0.1) is 0 Å². The van der Waals surface area contributed by atoms with Crippen LogP contribution in [0.15, 0.2) is 0 Å². The number of ether oxygens (including phenoxy) is 1. The Morgan fingerprint density at radius 1 is 1.15 bits per heavy atom. The van der Waals surface area contributed by atoms with Gasteiger partial charge in [0.15, 0.2) is 6.29 Å². The Balaban J connectivity index is 5.28. The average molecular weight is 332 g/mol. The molecule has 0 radical (unpaired) electrons. The fraction of sp³-hybridized carbons (Fsp3) is 1.00. The van der Waals surface area contributed by atoms with E-state index in [4.69, 9.17) is 14.5 Å². The fourth-order valence-electron chi connectivity index (χ4n) is 1.70. The lowest BCUT2D eigenvalue weighted by atomic mass is 9.82. The van der Waals surface area contributed by atoms with Crippen LogP contribution in [0.1, 0.15) is 34.6 Å². The van der Waals surface area contributed by atoms with Crippen LogP contribution in [0.4, 0.5) is 0 Å². The third-order valence-corrected chi connectivity index (χ3v) is 4.69. The highest BCUT2D eigenvalue weighted by atomic mass is 32.2. The van der Waals surface area contributed by atoms with E-state index in [0.29, 0.717) is 0 Å². The maximum atomic E-state index is 11.2. The van der Waals surface area contributed by atoms with E-state index in [2.05, 4.69) is 4.18 Å². The Kier molecular flexibility index (Phi) is 6.86. The Morgan fingerprint density at radius 3 is 1.80 bits per heavy atom. The number of hydrogen-bond acceptors (Lipinski definition) is 5. The second kappa shape index (κ2) is 6.85. The van der Waals surface area contributed by atoms with Crippen molar-refractivity contribution in [1.82, 2.24) is 0 Å². The van der Waals surface area contributed by atoms with Gasteiger partial charge in [-0.3, -0.25) is 4.57 Å². The summed E-state index contributed by atoms with van der Waals surface area (Å²) in [4.78, 5) is 18.0. The van der Waals surface area contributed by atoms with Crippen molar-refractivity contribution in [2.45, 2.75) is 46.5 Å². The molecule has 20 heavy (non-hydrogen) atoms. The molecule has 0 saturated carbocycles. The van der Waals surface area contributed by atoms with E-state index in [9.17, 15) is 13.0 Å². The van der Waals surface area contributed by atoms with Gasteiger partial charge in [0.1, 0.15) is 6.16 Å². The molecule has 0 spiro atoms. The van der Waals surface area contributed by atoms with E-state index in [1.54, 1.807) is 6.92 Å². The molecule has 0 aliphatic rings. The van der Waals surface area contributed by atoms with Crippen LogP contribution in [0.5, 0.6) is 0 Å². The molecule has 0 unspecified atom stereocenters. The summed E-state index contributed by atoms with van der Waals surface area (Å²) in [5.74, 6) is 0.00913. The van der Waals surface area contributed by atoms with E-state index < -0.39 is 35.8 Å². The van der Waals surface area contributed by atoms with Gasteiger partial charge in [-0.25, -0.2) is 4.18 Å². The molecular weight excluding hydrogens is 307 g/mol. The first-order valence-electron chi connectivity index (χ1n) is 6.28. The summed E-state index contributed by atoms with van der Waals surface area (Å²) in [6.07, 6.45) is -1.51. The van der Waals surface area contributed by atoms with Crippen LogP contribution in [0, 0.1) is 11.8 Å². The van der Waals surface area contributed by atoms with Gasteiger partial charge in [-0.2, -0.15) is 8.42 Å². The van der Waals surface area contributed by atoms with Crippen LogP contribution < -0.4 is 0 Å². The molecule has 7 nitrogen and oxygen atoms in total. The summed E-state index contributed by atoms with van der Waals surface area (Å²) in [5, 5.41) is 0. The summed E-state index contributed by atoms with van der Waals surface area (Å²) in [7, 11) is -8.36. The average Bonchev–Trinajstić information content (AvgIpc) is 2.10. The first-order chi connectivity index (χ1) is 8.67. The molecule has 0 rings (SSSR count). The number of hydrogen-bond donors (Lipinski definition) is 2. The highest BCUT2D eigenvalue weighted by Gasteiger charge is 2.39. The fourth-order valence-corrected chi connectivity index (χ4v) is 2.83. The van der Waals surface area contributed by atoms with Crippen LogP contribution >= 0.6 is 7.60 Å². The minimum atomic E-state index is -4.47. The Morgan fingerprint density at radius 2 is 1.55 bits per heavy atom. The van der Waals surface area contributed by atoms with Crippen LogP contribution in [0.25, 0.3) is 0 Å². The van der Waals surface area contributed by atoms with Crippen molar-refractivity contribution in [2.75, 3.05) is 12.4 Å². The predicted octanol–water partition coefficient (Wildman–Crippen LogP) is 1.55. The Bertz CT molecular complexity index is 443. The normalized spacial score (nSPS) is 15.9. The molecule has 0 aromatic heterocycles. The molecule has 1 atom stereocenters. The summed E-state index contributed by atoms with van der Waals surface area (Å²) in [6, 6.07) is 0. The molecular formula is C11H25O7PS. The topological polar surface area (TPSA) is 110 Å². The van der Waals surface area contributed by atoms with Crippen molar-refractivity contribution in [1.29, 1.82) is 0 Å². The predicted molar refractivity (Wildman–Crippen MR) is 75.8 cm³/mol. The highest BCUT2D eigenvalue weighted by molar-refractivity contribution is 7.86. The zero-order chi connectivity index (χ0) is 16.4. The molecule has 122 valence electrons. The minimum Gasteiger partial charge on any atom is -0.344 e. The van der Waals surface area contributed by atoms with Gasteiger partial charge in [-0.1, -0.05) is 27.7 Å². The van der Waals surface area contributed by atoms with Crippen molar-refractivity contribution in [3.05, 3.63) is 0 Å². The van der Waals surface area contributed by atoms with Gasteiger partial charge in [0, 0.05) is 0 Å². The van der Waals surface area contributed by atoms with Crippen LogP contribution in [-0.4, -0.2) is 42.5 Å². The molecule has 0 bridgehead atoms. The molecule has 2 N–H and O–H groups in total. The van der Waals surface area contributed by atoms with Crippen LogP contribution in [0.3, 0.4) is 0 Å². The lowest BCUT2D eigenvalue weighted by molar-refractivity contribution is -0.189. The van der Waals surface area contributed by atoms with Crippen LogP contribution in [-0.2, 0) is 23.6 Å². The van der Waals surface area contributed by atoms with Gasteiger partial charge in [-0.05, 0) is 18.8 Å². The Hall–Kier alpha value is 0.0200. The Labute approximate surface area is 121 Å². The third kappa shape index (κ3) is 7.15. The van der Waals surface area contributed by atoms with Gasteiger partial charge in [0.05, 0.1) is 11.9 Å². The highest BCUT2D eigenvalue weighted by Crippen LogP contribution is 2.39. The largest absolute Gasteiger partial charge is 0.344 e. The third-order valence-electron chi connectivity index (χ3n) is 3.35. The zero-order valence-electron chi connectivity index (χ0n) is 12.7. The van der Waals surface area contributed by atoms with Crippen molar-refractivity contribution in [3.8, 4) is 0 Å². The van der Waals surface area contributed by atoms with E-state index in [0.717, 1.165) is 6.26 Å². The quantitative estimate of drug-likeness (QED) is 0.394. The SMILES string of the molecule is CC(C)C(C)(O[C@@H](CP(=O)(O)O)OS(C)(=O)=O)C(C)C. The number of rotatable bonds is 8. The molecule has 9 heteroatoms. The molecule has 0 saturated heterocycles. The molecule has 0 aliphatic heterocycles. The van der Waals surface area contributed by atoms with Gasteiger partial charge in [0.2, 0.25) is 0 Å². The maximum absolute atomic E-state index is 11.2. The lowest BCUT2D eigenvalue weighted by Gasteiger charge is -2.40. The van der Waals surface area contributed by atoms with E-state index in [1.807, 2.05) is 27.7 Å². The van der Waals surface area contributed by atoms with Crippen LogP contribution in [0.2, 0.25) is 0 Å². The smallest absolute Gasteiger partial charge is 0.330 e. The molecule has 0 heterocycles. The molecule has 0 aliphatic carbocycles. The van der Waals surface area contributed by atoms with E-state index in [-0.39, 0.29) is 11.8 Å². The van der Waals surface area contributed by atoms with Gasteiger partial charge < -0.3 is 14.5 Å². The van der Waals surface area contributed by atoms with E-state index in [1.165, 1.54) is 0 Å².